The molecular formula is C17H21N5O2. The number of aromatic nitrogens is 3. The molecule has 2 amide bonds. The van der Waals surface area contributed by atoms with Gasteiger partial charge in [-0.3, -0.25) is 9.59 Å². The van der Waals surface area contributed by atoms with E-state index >= 15 is 0 Å². The minimum Gasteiger partial charge on any atom is -0.347 e. The molecule has 0 radical (unpaired) electrons. The molecule has 1 fully saturated rings. The molecule has 7 nitrogen and oxygen atoms in total. The number of likely N-dealkylation sites (N-methyl/N-ethyl adjacent to an activating group) is 1. The fourth-order valence-corrected chi connectivity index (χ4v) is 2.98. The van der Waals surface area contributed by atoms with Gasteiger partial charge in [0.05, 0.1) is 6.54 Å². The maximum atomic E-state index is 12.7. The highest BCUT2D eigenvalue weighted by molar-refractivity contribution is 5.97. The van der Waals surface area contributed by atoms with Crippen LogP contribution in [0.25, 0.3) is 0 Å². The highest BCUT2D eigenvalue weighted by atomic mass is 16.2. The average Bonchev–Trinajstić information content (AvgIpc) is 3.25. The van der Waals surface area contributed by atoms with Crippen LogP contribution in [0.3, 0.4) is 0 Å². The molecule has 1 saturated heterocycles. The van der Waals surface area contributed by atoms with E-state index in [0.717, 1.165) is 18.4 Å². The Morgan fingerprint density at radius 3 is 2.62 bits per heavy atom. The van der Waals surface area contributed by atoms with Crippen LogP contribution in [0, 0.1) is 0 Å². The molecule has 1 aromatic heterocycles. The molecule has 0 aliphatic carbocycles. The van der Waals surface area contributed by atoms with E-state index in [1.54, 1.807) is 34.9 Å². The maximum absolute atomic E-state index is 12.7. The number of hydrogen-bond acceptors (Lipinski definition) is 4. The number of carbonyl (C=O) groups excluding carboxylic acids is 2. The fourth-order valence-electron chi connectivity index (χ4n) is 2.98. The molecule has 24 heavy (non-hydrogen) atoms. The molecule has 0 spiro atoms. The van der Waals surface area contributed by atoms with Crippen molar-refractivity contribution in [2.24, 2.45) is 0 Å². The van der Waals surface area contributed by atoms with Gasteiger partial charge in [0.1, 0.15) is 18.7 Å². The molecular weight excluding hydrogens is 306 g/mol. The molecule has 0 saturated carbocycles. The zero-order valence-electron chi connectivity index (χ0n) is 13.9. The summed E-state index contributed by atoms with van der Waals surface area (Å²) < 4.78 is 1.73. The number of rotatable bonds is 4. The lowest BCUT2D eigenvalue weighted by molar-refractivity contribution is -0.132. The summed E-state index contributed by atoms with van der Waals surface area (Å²) in [6.07, 6.45) is 4.74. The minimum atomic E-state index is -0.345. The maximum Gasteiger partial charge on any atom is 0.254 e. The number of likely N-dealkylation sites (tertiary alicyclic amines) is 1. The van der Waals surface area contributed by atoms with Gasteiger partial charge < -0.3 is 9.80 Å². The van der Waals surface area contributed by atoms with Crippen molar-refractivity contribution in [2.45, 2.75) is 25.4 Å². The van der Waals surface area contributed by atoms with E-state index in [9.17, 15) is 9.59 Å². The summed E-state index contributed by atoms with van der Waals surface area (Å²) in [6.45, 7) is 1.24. The Balaban J connectivity index is 1.71. The number of benzene rings is 1. The van der Waals surface area contributed by atoms with E-state index in [0.29, 0.717) is 18.7 Å². The number of hydrogen-bond donors (Lipinski definition) is 0. The lowest BCUT2D eigenvalue weighted by Gasteiger charge is -2.26. The van der Waals surface area contributed by atoms with Crippen molar-refractivity contribution in [3.05, 3.63) is 48.0 Å². The Bertz CT molecular complexity index is 709. The van der Waals surface area contributed by atoms with E-state index in [4.69, 9.17) is 0 Å². The van der Waals surface area contributed by atoms with E-state index in [-0.39, 0.29) is 17.9 Å². The summed E-state index contributed by atoms with van der Waals surface area (Å²) in [7, 11) is 3.45. The second kappa shape index (κ2) is 6.82. The van der Waals surface area contributed by atoms with Crippen LogP contribution in [0.4, 0.5) is 0 Å². The van der Waals surface area contributed by atoms with Crippen LogP contribution >= 0.6 is 0 Å². The lowest BCUT2D eigenvalue weighted by atomic mass is 10.1. The second-order valence-electron chi connectivity index (χ2n) is 6.18. The van der Waals surface area contributed by atoms with Crippen molar-refractivity contribution in [2.75, 3.05) is 20.6 Å². The van der Waals surface area contributed by atoms with Crippen molar-refractivity contribution in [1.29, 1.82) is 0 Å². The second-order valence-corrected chi connectivity index (χ2v) is 6.18. The van der Waals surface area contributed by atoms with Crippen LogP contribution in [-0.2, 0) is 11.3 Å². The van der Waals surface area contributed by atoms with Gasteiger partial charge in [0.15, 0.2) is 0 Å². The molecule has 1 aromatic carbocycles. The predicted octanol–water partition coefficient (Wildman–Crippen LogP) is 1.02. The van der Waals surface area contributed by atoms with Gasteiger partial charge in [-0.2, -0.15) is 5.10 Å². The Hall–Kier alpha value is -2.70. The van der Waals surface area contributed by atoms with Crippen molar-refractivity contribution in [3.8, 4) is 0 Å². The Kier molecular flexibility index (Phi) is 4.59. The largest absolute Gasteiger partial charge is 0.347 e. The monoisotopic (exact) mass is 327 g/mol. The van der Waals surface area contributed by atoms with Crippen molar-refractivity contribution < 1.29 is 9.59 Å². The normalized spacial score (nSPS) is 17.1. The molecule has 3 rings (SSSR count). The van der Waals surface area contributed by atoms with Crippen LogP contribution in [0.5, 0.6) is 0 Å². The van der Waals surface area contributed by atoms with Gasteiger partial charge in [-0.15, -0.1) is 0 Å². The van der Waals surface area contributed by atoms with Gasteiger partial charge in [-0.25, -0.2) is 9.67 Å². The predicted molar refractivity (Wildman–Crippen MR) is 88.3 cm³/mol. The molecule has 2 aromatic rings. The first kappa shape index (κ1) is 16.2. The molecule has 7 heteroatoms. The summed E-state index contributed by atoms with van der Waals surface area (Å²) in [5.41, 5.74) is 1.65. The summed E-state index contributed by atoms with van der Waals surface area (Å²) >= 11 is 0. The summed E-state index contributed by atoms with van der Waals surface area (Å²) in [5.74, 6) is -0.0938. The SMILES string of the molecule is CN(C)C(=O)C1CCCN1C(=O)c1ccc(Cn2cncn2)cc1. The third-order valence-electron chi connectivity index (χ3n) is 4.25. The summed E-state index contributed by atoms with van der Waals surface area (Å²) in [5, 5.41) is 4.07. The third-order valence-corrected chi connectivity index (χ3v) is 4.25. The number of amides is 2. The first-order valence-corrected chi connectivity index (χ1v) is 8.00. The summed E-state index contributed by atoms with van der Waals surface area (Å²) in [4.78, 5) is 32.1. The summed E-state index contributed by atoms with van der Waals surface area (Å²) in [6, 6.07) is 7.10. The Labute approximate surface area is 140 Å². The van der Waals surface area contributed by atoms with Crippen molar-refractivity contribution in [3.63, 3.8) is 0 Å². The van der Waals surface area contributed by atoms with Crippen LogP contribution in [0.1, 0.15) is 28.8 Å². The minimum absolute atomic E-state index is 0.0105. The van der Waals surface area contributed by atoms with Crippen LogP contribution in [0.2, 0.25) is 0 Å². The molecule has 1 atom stereocenters. The molecule has 126 valence electrons. The van der Waals surface area contributed by atoms with Crippen LogP contribution in [-0.4, -0.2) is 63.1 Å². The third kappa shape index (κ3) is 3.29. The van der Waals surface area contributed by atoms with Gasteiger partial charge >= 0.3 is 0 Å². The Morgan fingerprint density at radius 1 is 1.25 bits per heavy atom. The highest BCUT2D eigenvalue weighted by Crippen LogP contribution is 2.21. The van der Waals surface area contributed by atoms with Gasteiger partial charge in [0, 0.05) is 26.2 Å². The van der Waals surface area contributed by atoms with Gasteiger partial charge in [-0.05, 0) is 30.5 Å². The van der Waals surface area contributed by atoms with Crippen molar-refractivity contribution >= 4 is 11.8 Å². The molecule has 1 aliphatic heterocycles. The average molecular weight is 327 g/mol. The van der Waals surface area contributed by atoms with Crippen LogP contribution in [0.15, 0.2) is 36.9 Å². The van der Waals surface area contributed by atoms with Crippen molar-refractivity contribution in [1.82, 2.24) is 24.6 Å². The number of carbonyl (C=O) groups is 2. The van der Waals surface area contributed by atoms with E-state index in [1.807, 2.05) is 24.3 Å². The molecule has 1 unspecified atom stereocenters. The molecule has 2 heterocycles. The molecule has 0 N–H and O–H groups in total. The van der Waals surface area contributed by atoms with Gasteiger partial charge in [0.25, 0.3) is 5.91 Å². The topological polar surface area (TPSA) is 71.3 Å². The first-order chi connectivity index (χ1) is 11.6. The standard InChI is InChI=1S/C17H21N5O2/c1-20(2)17(24)15-4-3-9-22(15)16(23)14-7-5-13(6-8-14)10-21-12-18-11-19-21/h5-8,11-12,15H,3-4,9-10H2,1-2H3. The van der Waals surface area contributed by atoms with E-state index in [2.05, 4.69) is 10.1 Å². The zero-order chi connectivity index (χ0) is 17.1. The fraction of sp³-hybridized carbons (Fsp3) is 0.412. The lowest BCUT2D eigenvalue weighted by Crippen LogP contribution is -2.45. The zero-order valence-corrected chi connectivity index (χ0v) is 13.9. The van der Waals surface area contributed by atoms with Gasteiger partial charge in [0.2, 0.25) is 5.91 Å². The quantitative estimate of drug-likeness (QED) is 0.840. The van der Waals surface area contributed by atoms with E-state index < -0.39 is 0 Å². The smallest absolute Gasteiger partial charge is 0.254 e. The Morgan fingerprint density at radius 2 is 2.00 bits per heavy atom. The van der Waals surface area contributed by atoms with Gasteiger partial charge in [-0.1, -0.05) is 12.1 Å². The van der Waals surface area contributed by atoms with Crippen LogP contribution < -0.4 is 0 Å². The number of nitrogens with zero attached hydrogens (tertiary/aromatic N) is 5. The highest BCUT2D eigenvalue weighted by Gasteiger charge is 2.35. The molecule has 1 aliphatic rings. The van der Waals surface area contributed by atoms with E-state index in [1.165, 1.54) is 6.33 Å². The molecule has 0 bridgehead atoms. The first-order valence-electron chi connectivity index (χ1n) is 8.00.